The van der Waals surface area contributed by atoms with Crippen LogP contribution in [0.5, 0.6) is 5.75 Å². The van der Waals surface area contributed by atoms with Crippen LogP contribution >= 0.6 is 0 Å². The third kappa shape index (κ3) is 4.91. The number of aromatic nitrogens is 2. The second kappa shape index (κ2) is 9.43. The van der Waals surface area contributed by atoms with Crippen molar-refractivity contribution in [3.63, 3.8) is 0 Å². The van der Waals surface area contributed by atoms with Crippen molar-refractivity contribution in [1.82, 2.24) is 14.9 Å². The third-order valence-electron chi connectivity index (χ3n) is 5.46. The molecule has 2 heterocycles. The second-order valence-corrected chi connectivity index (χ2v) is 7.52. The number of amides is 1. The average molecular weight is 415 g/mol. The zero-order chi connectivity index (χ0) is 21.6. The molecule has 0 radical (unpaired) electrons. The van der Waals surface area contributed by atoms with Crippen LogP contribution in [0.3, 0.4) is 0 Å². The monoisotopic (exact) mass is 414 g/mol. The topological polar surface area (TPSA) is 58.6 Å². The minimum atomic E-state index is 0.00795. The van der Waals surface area contributed by atoms with Gasteiger partial charge in [0.25, 0.3) is 0 Å². The molecule has 0 unspecified atom stereocenters. The van der Waals surface area contributed by atoms with Crippen LogP contribution < -0.4 is 9.64 Å². The number of ether oxygens (including phenoxy) is 1. The van der Waals surface area contributed by atoms with Crippen molar-refractivity contribution in [2.75, 3.05) is 38.2 Å². The summed E-state index contributed by atoms with van der Waals surface area (Å²) in [5.74, 6) is 1.65. The molecule has 0 spiro atoms. The normalized spacial score (nSPS) is 14.1. The van der Waals surface area contributed by atoms with Crippen LogP contribution in [-0.2, 0) is 4.79 Å². The highest BCUT2D eigenvalue weighted by atomic mass is 16.5. The summed E-state index contributed by atoms with van der Waals surface area (Å²) in [6, 6.07) is 18.0. The van der Waals surface area contributed by atoms with Gasteiger partial charge < -0.3 is 14.5 Å². The third-order valence-corrected chi connectivity index (χ3v) is 5.46. The van der Waals surface area contributed by atoms with E-state index in [1.165, 1.54) is 5.56 Å². The molecule has 1 amide bonds. The lowest BCUT2D eigenvalue weighted by Crippen LogP contribution is -2.48. The summed E-state index contributed by atoms with van der Waals surface area (Å²) in [6.45, 7) is 4.84. The molecule has 1 saturated heterocycles. The SMILES string of the molecule is COc1ccccc1C=CC(=O)N1CCN(c2cc(-c3ccc(C)cc3)ncn2)CC1. The molecule has 158 valence electrons. The summed E-state index contributed by atoms with van der Waals surface area (Å²) in [5, 5.41) is 0. The van der Waals surface area contributed by atoms with E-state index in [-0.39, 0.29) is 5.91 Å². The maximum Gasteiger partial charge on any atom is 0.246 e. The van der Waals surface area contributed by atoms with Gasteiger partial charge in [0.05, 0.1) is 12.8 Å². The molecule has 0 N–H and O–H groups in total. The number of anilines is 1. The number of carbonyl (C=O) groups is 1. The minimum Gasteiger partial charge on any atom is -0.496 e. The Morgan fingerprint density at radius 3 is 2.48 bits per heavy atom. The Bertz CT molecular complexity index is 1070. The number of carbonyl (C=O) groups excluding carboxylic acids is 1. The minimum absolute atomic E-state index is 0.00795. The van der Waals surface area contributed by atoms with E-state index in [4.69, 9.17) is 4.74 Å². The molecule has 1 aliphatic rings. The van der Waals surface area contributed by atoms with Gasteiger partial charge in [-0.25, -0.2) is 9.97 Å². The highest BCUT2D eigenvalue weighted by Gasteiger charge is 2.21. The van der Waals surface area contributed by atoms with Crippen LogP contribution in [0, 0.1) is 6.92 Å². The second-order valence-electron chi connectivity index (χ2n) is 7.52. The number of methoxy groups -OCH3 is 1. The molecule has 3 aromatic rings. The molecule has 1 fully saturated rings. The fraction of sp³-hybridized carbons (Fsp3) is 0.240. The highest BCUT2D eigenvalue weighted by molar-refractivity contribution is 5.92. The van der Waals surface area contributed by atoms with Crippen LogP contribution in [-0.4, -0.2) is 54.1 Å². The Morgan fingerprint density at radius 1 is 1.00 bits per heavy atom. The first-order valence-electron chi connectivity index (χ1n) is 10.4. The van der Waals surface area contributed by atoms with Gasteiger partial charge in [-0.2, -0.15) is 0 Å². The lowest BCUT2D eigenvalue weighted by atomic mass is 10.1. The van der Waals surface area contributed by atoms with Crippen molar-refractivity contribution in [2.45, 2.75) is 6.92 Å². The van der Waals surface area contributed by atoms with E-state index in [9.17, 15) is 4.79 Å². The number of rotatable bonds is 5. The van der Waals surface area contributed by atoms with E-state index in [0.717, 1.165) is 41.5 Å². The van der Waals surface area contributed by atoms with Crippen molar-refractivity contribution in [3.8, 4) is 17.0 Å². The standard InChI is InChI=1S/C25H26N4O2/c1-19-7-9-20(10-8-19)22-17-24(27-18-26-22)28-13-15-29(16-14-28)25(30)12-11-21-5-3-4-6-23(21)31-2/h3-12,17-18H,13-16H2,1-2H3. The predicted molar refractivity (Wildman–Crippen MR) is 123 cm³/mol. The lowest BCUT2D eigenvalue weighted by molar-refractivity contribution is -0.126. The summed E-state index contributed by atoms with van der Waals surface area (Å²) < 4.78 is 5.34. The van der Waals surface area contributed by atoms with Gasteiger partial charge in [-0.3, -0.25) is 4.79 Å². The molecular weight excluding hydrogens is 388 g/mol. The smallest absolute Gasteiger partial charge is 0.246 e. The highest BCUT2D eigenvalue weighted by Crippen LogP contribution is 2.22. The number of piperazine rings is 1. The van der Waals surface area contributed by atoms with Crippen molar-refractivity contribution in [1.29, 1.82) is 0 Å². The molecule has 4 rings (SSSR count). The Hall–Kier alpha value is -3.67. The molecule has 0 aliphatic carbocycles. The Morgan fingerprint density at radius 2 is 1.74 bits per heavy atom. The maximum absolute atomic E-state index is 12.6. The molecule has 1 aromatic heterocycles. The van der Waals surface area contributed by atoms with E-state index in [1.807, 2.05) is 41.3 Å². The number of nitrogens with zero attached hydrogens (tertiary/aromatic N) is 4. The van der Waals surface area contributed by atoms with E-state index >= 15 is 0 Å². The summed E-state index contributed by atoms with van der Waals surface area (Å²) in [5.41, 5.74) is 4.09. The fourth-order valence-electron chi connectivity index (χ4n) is 3.63. The van der Waals surface area contributed by atoms with Gasteiger partial charge in [0.1, 0.15) is 17.9 Å². The predicted octanol–water partition coefficient (Wildman–Crippen LogP) is 3.82. The zero-order valence-corrected chi connectivity index (χ0v) is 17.9. The van der Waals surface area contributed by atoms with Crippen molar-refractivity contribution in [2.24, 2.45) is 0 Å². The lowest BCUT2D eigenvalue weighted by Gasteiger charge is -2.35. The van der Waals surface area contributed by atoms with Crippen molar-refractivity contribution >= 4 is 17.8 Å². The summed E-state index contributed by atoms with van der Waals surface area (Å²) in [4.78, 5) is 25.6. The van der Waals surface area contributed by atoms with E-state index < -0.39 is 0 Å². The number of hydrogen-bond acceptors (Lipinski definition) is 5. The van der Waals surface area contributed by atoms with Gasteiger partial charge in [-0.15, -0.1) is 0 Å². The van der Waals surface area contributed by atoms with Crippen LogP contribution in [0.15, 0.2) is 67.0 Å². The number of para-hydroxylation sites is 1. The first kappa shape index (κ1) is 20.6. The molecule has 0 bridgehead atoms. The Balaban J connectivity index is 1.38. The number of benzene rings is 2. The van der Waals surface area contributed by atoms with Crippen LogP contribution in [0.1, 0.15) is 11.1 Å². The largest absolute Gasteiger partial charge is 0.496 e. The quantitative estimate of drug-likeness (QED) is 0.594. The Kier molecular flexibility index (Phi) is 6.26. The molecular formula is C25H26N4O2. The molecule has 0 saturated carbocycles. The first-order valence-corrected chi connectivity index (χ1v) is 10.4. The van der Waals surface area contributed by atoms with Crippen LogP contribution in [0.25, 0.3) is 17.3 Å². The van der Waals surface area contributed by atoms with Gasteiger partial charge in [-0.05, 0) is 19.1 Å². The molecule has 6 nitrogen and oxygen atoms in total. The van der Waals surface area contributed by atoms with Crippen molar-refractivity contribution < 1.29 is 9.53 Å². The Labute approximate surface area is 182 Å². The van der Waals surface area contributed by atoms with E-state index in [2.05, 4.69) is 46.1 Å². The fourth-order valence-corrected chi connectivity index (χ4v) is 3.63. The van der Waals surface area contributed by atoms with Gasteiger partial charge >= 0.3 is 0 Å². The average Bonchev–Trinajstić information content (AvgIpc) is 2.83. The van der Waals surface area contributed by atoms with Crippen LogP contribution in [0.2, 0.25) is 0 Å². The van der Waals surface area contributed by atoms with Crippen LogP contribution in [0.4, 0.5) is 5.82 Å². The summed E-state index contributed by atoms with van der Waals surface area (Å²) in [7, 11) is 1.63. The first-order chi connectivity index (χ1) is 15.1. The summed E-state index contributed by atoms with van der Waals surface area (Å²) >= 11 is 0. The molecule has 31 heavy (non-hydrogen) atoms. The van der Waals surface area contributed by atoms with Crippen molar-refractivity contribution in [3.05, 3.63) is 78.1 Å². The zero-order valence-electron chi connectivity index (χ0n) is 17.9. The van der Waals surface area contributed by atoms with Gasteiger partial charge in [-0.1, -0.05) is 48.0 Å². The maximum atomic E-state index is 12.6. The number of aryl methyl sites for hydroxylation is 1. The van der Waals surface area contributed by atoms with E-state index in [0.29, 0.717) is 13.1 Å². The van der Waals surface area contributed by atoms with Gasteiger partial charge in [0.2, 0.25) is 5.91 Å². The number of hydrogen-bond donors (Lipinski definition) is 0. The molecule has 0 atom stereocenters. The van der Waals surface area contributed by atoms with Gasteiger partial charge in [0.15, 0.2) is 0 Å². The van der Waals surface area contributed by atoms with Gasteiger partial charge in [0, 0.05) is 49.4 Å². The molecule has 2 aromatic carbocycles. The van der Waals surface area contributed by atoms with E-state index in [1.54, 1.807) is 19.5 Å². The molecule has 1 aliphatic heterocycles. The molecule has 6 heteroatoms. The summed E-state index contributed by atoms with van der Waals surface area (Å²) in [6.07, 6.45) is 5.04.